The summed E-state index contributed by atoms with van der Waals surface area (Å²) in [4.78, 5) is 57.7. The number of nitrogens with two attached hydrogens (primary N) is 2. The highest BCUT2D eigenvalue weighted by atomic mass is 32.1. The summed E-state index contributed by atoms with van der Waals surface area (Å²) in [6, 6.07) is 12.6. The first kappa shape index (κ1) is 65.5. The molecule has 0 saturated carbocycles. The molecule has 2 aromatic heterocycles. The van der Waals surface area contributed by atoms with Crippen LogP contribution < -0.4 is 42.6 Å². The lowest BCUT2D eigenvalue weighted by atomic mass is 9.82. The van der Waals surface area contributed by atoms with E-state index in [9.17, 15) is 14.4 Å². The third kappa shape index (κ3) is 19.2. The summed E-state index contributed by atoms with van der Waals surface area (Å²) in [5, 5.41) is 14.3. The van der Waals surface area contributed by atoms with Crippen molar-refractivity contribution in [1.82, 2.24) is 45.7 Å². The lowest BCUT2D eigenvalue weighted by Crippen LogP contribution is -2.67. The Morgan fingerprint density at radius 1 is 0.905 bits per heavy atom. The van der Waals surface area contributed by atoms with Crippen LogP contribution in [0.5, 0.6) is 0 Å². The summed E-state index contributed by atoms with van der Waals surface area (Å²) < 4.78 is 47.8. The highest BCUT2D eigenvalue weighted by Crippen LogP contribution is 2.36. The van der Waals surface area contributed by atoms with E-state index in [2.05, 4.69) is 99.7 Å². The van der Waals surface area contributed by atoms with Gasteiger partial charge in [0.15, 0.2) is 0 Å². The van der Waals surface area contributed by atoms with Crippen LogP contribution >= 0.6 is 11.3 Å². The van der Waals surface area contributed by atoms with Crippen LogP contribution in [0, 0.1) is 29.4 Å². The van der Waals surface area contributed by atoms with Gasteiger partial charge in [0.05, 0.1) is 73.6 Å². The number of halogens is 2. The predicted octanol–water partition coefficient (Wildman–Crippen LogP) is 7.08. The molecular weight excluding hydrogens is 1090 g/mol. The van der Waals surface area contributed by atoms with Gasteiger partial charge in [-0.05, 0) is 107 Å². The molecule has 462 valence electrons. The van der Waals surface area contributed by atoms with Gasteiger partial charge in [0.1, 0.15) is 48.1 Å². The minimum absolute atomic E-state index is 0.00260. The normalized spacial score (nSPS) is 19.8. The van der Waals surface area contributed by atoms with Gasteiger partial charge in [0, 0.05) is 74.6 Å². The van der Waals surface area contributed by atoms with Crippen LogP contribution in [-0.2, 0) is 35.1 Å². The number of nitrogens with one attached hydrogen (secondary N) is 4. The van der Waals surface area contributed by atoms with Gasteiger partial charge in [-0.1, -0.05) is 58.9 Å². The van der Waals surface area contributed by atoms with Gasteiger partial charge in [0.25, 0.3) is 0 Å². The van der Waals surface area contributed by atoms with Crippen LogP contribution in [0.2, 0.25) is 0 Å². The van der Waals surface area contributed by atoms with Gasteiger partial charge in [-0.2, -0.15) is 0 Å². The Morgan fingerprint density at radius 3 is 2.26 bits per heavy atom. The average molecular weight is 1190 g/mol. The molecule has 4 fully saturated rings. The number of hydrogen-bond acceptors (Lipinski definition) is 18. The first-order chi connectivity index (χ1) is 40.0. The number of amides is 3. The second-order valence-electron chi connectivity index (χ2n) is 24.8. The largest absolute Gasteiger partial charge is 0.384 e. The maximum Gasteiger partial charge on any atom is 0.246 e. The first-order valence-electron chi connectivity index (χ1n) is 29.6. The smallest absolute Gasteiger partial charge is 0.246 e. The van der Waals surface area contributed by atoms with Gasteiger partial charge < -0.3 is 60.9 Å². The molecule has 4 aromatic rings. The summed E-state index contributed by atoms with van der Waals surface area (Å²) in [6.45, 7) is 26.5. The van der Waals surface area contributed by atoms with Crippen molar-refractivity contribution in [2.75, 3.05) is 107 Å². The zero-order valence-electron chi connectivity index (χ0n) is 50.9. The van der Waals surface area contributed by atoms with Crippen molar-refractivity contribution in [3.05, 3.63) is 94.8 Å². The number of hydrazine groups is 1. The predicted molar refractivity (Wildman–Crippen MR) is 327 cm³/mol. The fourth-order valence-corrected chi connectivity index (χ4v) is 11.7. The molecule has 4 atom stereocenters. The van der Waals surface area contributed by atoms with Crippen LogP contribution in [0.4, 0.5) is 26.1 Å². The number of carbonyl (C=O) groups excluding carboxylic acids is 3. The molecule has 84 heavy (non-hydrogen) atoms. The van der Waals surface area contributed by atoms with E-state index in [1.165, 1.54) is 28.3 Å². The number of likely N-dealkylation sites (tertiary alicyclic amines) is 2. The topological polar surface area (TPSA) is 234 Å². The van der Waals surface area contributed by atoms with Crippen molar-refractivity contribution in [3.63, 3.8) is 0 Å². The van der Waals surface area contributed by atoms with Gasteiger partial charge in [-0.3, -0.25) is 19.3 Å². The van der Waals surface area contributed by atoms with Crippen LogP contribution in [-0.4, -0.2) is 164 Å². The minimum atomic E-state index is -0.364. The number of nitrogens with zero attached hydrogens (tertiary/aromatic N) is 8. The fourth-order valence-electron chi connectivity index (χ4n) is 10.9. The zero-order chi connectivity index (χ0) is 60.6. The van der Waals surface area contributed by atoms with Crippen molar-refractivity contribution in [2.45, 2.75) is 137 Å². The maximum absolute atomic E-state index is 15.7. The molecule has 4 aliphatic rings. The Bertz CT molecular complexity index is 2780. The van der Waals surface area contributed by atoms with E-state index in [0.29, 0.717) is 94.1 Å². The molecule has 4 unspecified atom stereocenters. The summed E-state index contributed by atoms with van der Waals surface area (Å²) in [6.07, 6.45) is 9.18. The van der Waals surface area contributed by atoms with Crippen molar-refractivity contribution in [1.29, 1.82) is 0 Å². The highest BCUT2D eigenvalue weighted by Gasteiger charge is 2.42. The van der Waals surface area contributed by atoms with Gasteiger partial charge in [-0.25, -0.2) is 29.6 Å². The van der Waals surface area contributed by atoms with Gasteiger partial charge >= 0.3 is 0 Å². The summed E-state index contributed by atoms with van der Waals surface area (Å²) in [7, 11) is 0. The Kier molecular flexibility index (Phi) is 23.6. The molecule has 4 aliphatic heterocycles. The molecule has 4 saturated heterocycles. The highest BCUT2D eigenvalue weighted by molar-refractivity contribution is 7.13. The third-order valence-electron chi connectivity index (χ3n) is 16.5. The van der Waals surface area contributed by atoms with E-state index in [-0.39, 0.29) is 65.2 Å². The Balaban J connectivity index is 0.000000349. The molecule has 6 heterocycles. The number of ether oxygens (including phenoxy) is 3. The van der Waals surface area contributed by atoms with Crippen LogP contribution in [0.15, 0.2) is 66.3 Å². The third-order valence-corrected chi connectivity index (χ3v) is 17.5. The summed E-state index contributed by atoms with van der Waals surface area (Å²) in [5.41, 5.74) is 12.1. The number of piperazine rings is 1. The molecule has 3 amide bonds. The SMILES string of the molecule is CC1CN(c2cc(F)c(CN3CCC(C)(C)CC3)cc2F)CC2(CCN(c3cc(N/C(N)=C/N(N)CCOCCOCCOCC(=O)NC(C)C(C)(C)C)ncn3)CC2)N1.Cc1ncsc1-c1ccc(C(C)NC(=O)C2CCCN2C=O)cc1. The second-order valence-corrected chi connectivity index (χ2v) is 25.6. The van der Waals surface area contributed by atoms with Crippen LogP contribution in [0.1, 0.15) is 117 Å². The molecule has 23 heteroatoms. The van der Waals surface area contributed by atoms with E-state index in [0.717, 1.165) is 93.8 Å². The number of carbonyl (C=O) groups is 3. The van der Waals surface area contributed by atoms with Crippen molar-refractivity contribution in [2.24, 2.45) is 22.4 Å². The van der Waals surface area contributed by atoms with E-state index in [1.54, 1.807) is 22.4 Å². The fraction of sp³-hybridized carbons (Fsp3) is 0.607. The molecule has 0 radical (unpaired) electrons. The maximum atomic E-state index is 15.7. The number of piperidine rings is 2. The lowest BCUT2D eigenvalue weighted by molar-refractivity contribution is -0.131. The Hall–Kier alpha value is -6.08. The Morgan fingerprint density at radius 2 is 1.60 bits per heavy atom. The van der Waals surface area contributed by atoms with E-state index < -0.39 is 0 Å². The average Bonchev–Trinajstić information content (AvgIpc) is 3.78. The first-order valence-corrected chi connectivity index (χ1v) is 30.5. The van der Waals surface area contributed by atoms with Crippen LogP contribution in [0.25, 0.3) is 10.4 Å². The molecule has 8 N–H and O–H groups in total. The molecule has 20 nitrogen and oxygen atoms in total. The zero-order valence-corrected chi connectivity index (χ0v) is 51.7. The number of benzene rings is 2. The molecular formula is C61H92F2N14O6S. The van der Waals surface area contributed by atoms with E-state index >= 15 is 8.78 Å². The van der Waals surface area contributed by atoms with E-state index in [4.69, 9.17) is 25.8 Å². The quantitative estimate of drug-likeness (QED) is 0.0178. The molecule has 8 rings (SSSR count). The number of thiazole rings is 1. The van der Waals surface area contributed by atoms with Gasteiger partial charge in [0.2, 0.25) is 18.2 Å². The minimum Gasteiger partial charge on any atom is -0.384 e. The van der Waals surface area contributed by atoms with Gasteiger partial charge in [-0.15, -0.1) is 11.3 Å². The lowest BCUT2D eigenvalue weighted by Gasteiger charge is -2.51. The Labute approximate surface area is 499 Å². The molecule has 0 bridgehead atoms. The van der Waals surface area contributed by atoms with Crippen molar-refractivity contribution in [3.8, 4) is 10.4 Å². The number of aromatic nitrogens is 3. The van der Waals surface area contributed by atoms with Crippen molar-refractivity contribution >= 4 is 46.9 Å². The van der Waals surface area contributed by atoms with Crippen LogP contribution in [0.3, 0.4) is 0 Å². The molecule has 1 spiro atoms. The number of hydrogen-bond donors (Lipinski definition) is 6. The second kappa shape index (κ2) is 30.3. The van der Waals surface area contributed by atoms with E-state index in [1.807, 2.05) is 49.4 Å². The number of anilines is 3. The number of aryl methyl sites for hydroxylation is 1. The number of rotatable bonds is 24. The molecule has 0 aliphatic carbocycles. The standard InChI is InChI=1S/C43H71F2N11O4.C18H21N3O2S/c1-31-25-55(36-23-34(44)33(22-35(36)45)26-53-12-8-42(6,7)9-13-53)29-43(52-31)10-14-54(15-11-43)39-24-38(48-30-49-39)51-37(46)27-56(47)16-17-58-18-19-59-20-21-60-28-40(57)50-32(2)41(3,4)5;1-12(20-18(23)16-4-3-9-21(16)11-22)14-5-7-15(8-6-14)17-13(2)19-10-24-17/h22-24,27,30-32,52H,8-21,25-26,28-29,46-47H2,1-7H3,(H,50,57)(H,48,49,51);5-8,10-12,16H,3-4,9H2,1-2H3,(H,20,23)/b37-27+;. The molecule has 2 aromatic carbocycles. The van der Waals surface area contributed by atoms with Crippen molar-refractivity contribution < 1.29 is 37.4 Å². The summed E-state index contributed by atoms with van der Waals surface area (Å²) >= 11 is 1.63. The summed E-state index contributed by atoms with van der Waals surface area (Å²) in [5.74, 6) is 6.79. The monoisotopic (exact) mass is 1190 g/mol.